The number of carbonyl (C=O) groups excluding carboxylic acids is 1. The van der Waals surface area contributed by atoms with Crippen LogP contribution in [0.15, 0.2) is 42.5 Å². The molecular formula is C37H49N5O5. The number of methoxy groups -OCH3 is 2. The summed E-state index contributed by atoms with van der Waals surface area (Å²) >= 11 is 0. The van der Waals surface area contributed by atoms with Gasteiger partial charge in [0.1, 0.15) is 28.4 Å². The molecular weight excluding hydrogens is 594 g/mol. The second-order valence-corrected chi connectivity index (χ2v) is 14.1. The Hall–Kier alpha value is -4.05. The summed E-state index contributed by atoms with van der Waals surface area (Å²) in [4.78, 5) is 22.5. The Morgan fingerprint density at radius 1 is 1.11 bits per heavy atom. The number of alkyl carbamates (subject to hydrolysis) is 1. The number of fused-ring (bicyclic) bond motifs is 3. The molecule has 2 aromatic heterocycles. The first-order valence-electron chi connectivity index (χ1n) is 17.0. The lowest BCUT2D eigenvalue weighted by atomic mass is 9.69. The Kier molecular flexibility index (Phi) is 9.50. The molecule has 1 saturated heterocycles. The van der Waals surface area contributed by atoms with Crippen LogP contribution in [0.5, 0.6) is 11.5 Å². The summed E-state index contributed by atoms with van der Waals surface area (Å²) < 4.78 is 25.7. The first kappa shape index (κ1) is 32.9. The highest BCUT2D eigenvalue weighted by Gasteiger charge is 2.50. The van der Waals surface area contributed by atoms with Gasteiger partial charge in [-0.05, 0) is 77.0 Å². The maximum atomic E-state index is 12.2. The van der Waals surface area contributed by atoms with Gasteiger partial charge in [-0.15, -0.1) is 0 Å². The van der Waals surface area contributed by atoms with Crippen molar-refractivity contribution in [3.05, 3.63) is 53.9 Å². The van der Waals surface area contributed by atoms with Crippen LogP contribution in [0.1, 0.15) is 77.6 Å². The van der Waals surface area contributed by atoms with E-state index in [0.717, 1.165) is 102 Å². The van der Waals surface area contributed by atoms with E-state index in [2.05, 4.69) is 40.3 Å². The molecule has 1 spiro atoms. The highest BCUT2D eigenvalue weighted by molar-refractivity contribution is 6.07. The smallest absolute Gasteiger partial charge is 0.407 e. The Morgan fingerprint density at radius 3 is 2.66 bits per heavy atom. The number of aryl methyl sites for hydroxylation is 1. The number of para-hydroxylation sites is 1. The van der Waals surface area contributed by atoms with Crippen molar-refractivity contribution >= 4 is 33.8 Å². The van der Waals surface area contributed by atoms with Gasteiger partial charge in [-0.3, -0.25) is 0 Å². The van der Waals surface area contributed by atoms with Crippen molar-refractivity contribution in [2.75, 3.05) is 26.1 Å². The molecule has 2 aromatic carbocycles. The number of benzene rings is 2. The zero-order valence-corrected chi connectivity index (χ0v) is 28.7. The molecule has 47 heavy (non-hydrogen) atoms. The summed E-state index contributed by atoms with van der Waals surface area (Å²) in [5, 5.41) is 7.62. The maximum Gasteiger partial charge on any atom is 0.407 e. The van der Waals surface area contributed by atoms with Crippen molar-refractivity contribution < 1.29 is 23.7 Å². The van der Waals surface area contributed by atoms with Crippen LogP contribution < -0.4 is 20.1 Å². The molecule has 1 aliphatic carbocycles. The molecule has 2 aliphatic rings. The third kappa shape index (κ3) is 7.27. The third-order valence-electron chi connectivity index (χ3n) is 9.34. The molecule has 4 aromatic rings. The predicted molar refractivity (Wildman–Crippen MR) is 184 cm³/mol. The van der Waals surface area contributed by atoms with E-state index in [1.54, 1.807) is 14.2 Å². The lowest BCUT2D eigenvalue weighted by Gasteiger charge is -2.45. The van der Waals surface area contributed by atoms with Crippen LogP contribution in [-0.2, 0) is 29.0 Å². The number of carbonyl (C=O) groups is 1. The second kappa shape index (κ2) is 13.6. The monoisotopic (exact) mass is 643 g/mol. The number of ether oxygens (including phenoxy) is 4. The highest BCUT2D eigenvalue weighted by Crippen LogP contribution is 2.49. The van der Waals surface area contributed by atoms with Crippen LogP contribution >= 0.6 is 0 Å². The Labute approximate surface area is 277 Å². The van der Waals surface area contributed by atoms with Gasteiger partial charge in [0.25, 0.3) is 0 Å². The van der Waals surface area contributed by atoms with Crippen LogP contribution in [0.2, 0.25) is 0 Å². The minimum absolute atomic E-state index is 0.0967. The number of hydrogen-bond donors (Lipinski definition) is 2. The van der Waals surface area contributed by atoms with Crippen molar-refractivity contribution in [1.82, 2.24) is 19.9 Å². The Bertz CT molecular complexity index is 1720. The van der Waals surface area contributed by atoms with Gasteiger partial charge in [0.05, 0.1) is 43.5 Å². The quantitative estimate of drug-likeness (QED) is 0.164. The van der Waals surface area contributed by atoms with Gasteiger partial charge in [-0.2, -0.15) is 0 Å². The zero-order chi connectivity index (χ0) is 33.2. The fourth-order valence-corrected chi connectivity index (χ4v) is 7.11. The molecule has 3 heterocycles. The van der Waals surface area contributed by atoms with E-state index in [0.29, 0.717) is 19.0 Å². The number of pyridine rings is 1. The van der Waals surface area contributed by atoms with Gasteiger partial charge < -0.3 is 34.1 Å². The average Bonchev–Trinajstić information content (AvgIpc) is 3.62. The Balaban J connectivity index is 1.23. The summed E-state index contributed by atoms with van der Waals surface area (Å²) in [6.45, 7) is 9.76. The molecule has 2 fully saturated rings. The van der Waals surface area contributed by atoms with Gasteiger partial charge in [0.2, 0.25) is 0 Å². The third-order valence-corrected chi connectivity index (χ3v) is 9.34. The molecule has 1 amide bonds. The number of anilines is 1. The summed E-state index contributed by atoms with van der Waals surface area (Å²) in [6.07, 6.45) is 6.75. The van der Waals surface area contributed by atoms with Gasteiger partial charge in [-0.1, -0.05) is 31.5 Å². The molecule has 1 saturated carbocycles. The Morgan fingerprint density at radius 2 is 1.91 bits per heavy atom. The van der Waals surface area contributed by atoms with Gasteiger partial charge in [0, 0.05) is 36.5 Å². The summed E-state index contributed by atoms with van der Waals surface area (Å²) in [5.74, 6) is 3.75. The maximum absolute atomic E-state index is 12.2. The minimum atomic E-state index is -0.498. The molecule has 2 N–H and O–H groups in total. The number of aromatic nitrogens is 3. The van der Waals surface area contributed by atoms with Crippen molar-refractivity contribution in [1.29, 1.82) is 0 Å². The lowest BCUT2D eigenvalue weighted by Crippen LogP contribution is -2.48. The van der Waals surface area contributed by atoms with Crippen molar-refractivity contribution in [3.8, 4) is 11.5 Å². The first-order chi connectivity index (χ1) is 22.6. The van der Waals surface area contributed by atoms with Crippen molar-refractivity contribution in [2.24, 2.45) is 5.92 Å². The average molecular weight is 644 g/mol. The number of nitrogens with zero attached hydrogens (tertiary/aromatic N) is 3. The van der Waals surface area contributed by atoms with Gasteiger partial charge in [0.15, 0.2) is 5.82 Å². The first-order valence-corrected chi connectivity index (χ1v) is 17.0. The van der Waals surface area contributed by atoms with Gasteiger partial charge in [-0.25, -0.2) is 14.8 Å². The number of imidazole rings is 1. The minimum Gasteiger partial charge on any atom is -0.497 e. The lowest BCUT2D eigenvalue weighted by molar-refractivity contribution is -0.121. The van der Waals surface area contributed by atoms with Crippen LogP contribution in [0.4, 0.5) is 10.6 Å². The van der Waals surface area contributed by atoms with Crippen LogP contribution in [0, 0.1) is 5.92 Å². The number of hydrogen-bond acceptors (Lipinski definition) is 8. The number of unbranched alkanes of at least 4 members (excludes halogenated alkanes) is 1. The summed E-state index contributed by atoms with van der Waals surface area (Å²) in [5.41, 5.74) is 3.32. The summed E-state index contributed by atoms with van der Waals surface area (Å²) in [7, 11) is 3.33. The molecule has 10 heteroatoms. The largest absolute Gasteiger partial charge is 0.497 e. The zero-order valence-electron chi connectivity index (χ0n) is 28.7. The van der Waals surface area contributed by atoms with E-state index in [4.69, 9.17) is 28.9 Å². The number of amides is 1. The fraction of sp³-hybridized carbons (Fsp3) is 0.541. The normalized spacial score (nSPS) is 20.8. The molecule has 0 radical (unpaired) electrons. The highest BCUT2D eigenvalue weighted by atomic mass is 16.6. The fourth-order valence-electron chi connectivity index (χ4n) is 7.11. The van der Waals surface area contributed by atoms with Crippen molar-refractivity contribution in [3.63, 3.8) is 0 Å². The molecule has 10 nitrogen and oxygen atoms in total. The number of rotatable bonds is 12. The molecule has 0 bridgehead atoms. The molecule has 1 atom stereocenters. The van der Waals surface area contributed by atoms with E-state index >= 15 is 0 Å². The van der Waals surface area contributed by atoms with Crippen molar-refractivity contribution in [2.45, 2.75) is 103 Å². The summed E-state index contributed by atoms with van der Waals surface area (Å²) in [6, 6.07) is 14.2. The second-order valence-electron chi connectivity index (χ2n) is 14.1. The van der Waals surface area contributed by atoms with Gasteiger partial charge >= 0.3 is 6.09 Å². The van der Waals surface area contributed by atoms with E-state index in [-0.39, 0.29) is 17.8 Å². The molecule has 252 valence electrons. The van der Waals surface area contributed by atoms with E-state index in [9.17, 15) is 4.79 Å². The standard InChI is InChI=1S/C37H49N5O5/c1-7-8-13-31-41-32-33(42(31)23-27-16-17-37(46-27)19-24(20-37)21-39-35(43)47-36(2,3)4)28-11-9-10-12-29(28)40-34(32)38-22-25-14-15-26(44-5)18-30(25)45-6/h9-12,14-15,18,24,27H,7-8,13,16-17,19-23H2,1-6H3,(H,38,40)(H,39,43). The van der Waals surface area contributed by atoms with E-state index in [1.807, 2.05) is 45.0 Å². The molecule has 6 rings (SSSR count). The van der Waals surface area contributed by atoms with Crippen LogP contribution in [0.25, 0.3) is 21.9 Å². The predicted octanol–water partition coefficient (Wildman–Crippen LogP) is 7.41. The van der Waals surface area contributed by atoms with E-state index < -0.39 is 5.60 Å². The SMILES string of the molecule is CCCCc1nc2c(NCc3ccc(OC)cc3OC)nc3ccccc3c2n1CC1CCC2(CC(CNC(=O)OC(C)(C)C)C2)O1. The van der Waals surface area contributed by atoms with E-state index in [1.165, 1.54) is 0 Å². The number of nitrogens with one attached hydrogen (secondary N) is 2. The topological polar surface area (TPSA) is 109 Å². The van der Waals surface area contributed by atoms with Crippen LogP contribution in [0.3, 0.4) is 0 Å². The molecule has 1 aliphatic heterocycles. The van der Waals surface area contributed by atoms with Crippen LogP contribution in [-0.4, -0.2) is 58.7 Å². The molecule has 1 unspecified atom stereocenters.